The van der Waals surface area contributed by atoms with Gasteiger partial charge in [-0.05, 0) is 65.8 Å². The van der Waals surface area contributed by atoms with Crippen molar-refractivity contribution in [3.05, 3.63) is 64.2 Å². The van der Waals surface area contributed by atoms with Gasteiger partial charge in [0.05, 0.1) is 12.6 Å². The van der Waals surface area contributed by atoms with Gasteiger partial charge in [-0.1, -0.05) is 23.3 Å². The molecular weight excluding hydrogens is 384 g/mol. The van der Waals surface area contributed by atoms with Crippen molar-refractivity contribution in [2.75, 3.05) is 7.11 Å². The van der Waals surface area contributed by atoms with Crippen LogP contribution in [0.1, 0.15) is 58.2 Å². The molecule has 0 radical (unpaired) electrons. The minimum Gasteiger partial charge on any atom is -0.496 e. The van der Waals surface area contributed by atoms with Crippen molar-refractivity contribution in [2.24, 2.45) is 0 Å². The SMILES string of the molecule is COc1cccc(C(=O)N(C(=O)O)N(C(=O)c2cc(C)cc(C)c2)C(C)(C)C)c1C. The Labute approximate surface area is 176 Å². The summed E-state index contributed by atoms with van der Waals surface area (Å²) in [5.41, 5.74) is 1.68. The molecule has 30 heavy (non-hydrogen) atoms. The van der Waals surface area contributed by atoms with Gasteiger partial charge in [-0.25, -0.2) is 9.80 Å². The summed E-state index contributed by atoms with van der Waals surface area (Å²) >= 11 is 0. The molecule has 0 atom stereocenters. The quantitative estimate of drug-likeness (QED) is 0.745. The van der Waals surface area contributed by atoms with Gasteiger partial charge in [-0.2, -0.15) is 0 Å². The molecule has 0 spiro atoms. The van der Waals surface area contributed by atoms with Crippen LogP contribution >= 0.6 is 0 Å². The van der Waals surface area contributed by atoms with Crippen molar-refractivity contribution in [3.63, 3.8) is 0 Å². The van der Waals surface area contributed by atoms with Gasteiger partial charge in [0.25, 0.3) is 11.8 Å². The first kappa shape index (κ1) is 22.9. The lowest BCUT2D eigenvalue weighted by atomic mass is 10.0. The van der Waals surface area contributed by atoms with Crippen molar-refractivity contribution in [1.29, 1.82) is 0 Å². The number of rotatable bonds is 3. The number of ether oxygens (including phenoxy) is 1. The lowest BCUT2D eigenvalue weighted by Crippen LogP contribution is -2.60. The second kappa shape index (κ2) is 8.57. The highest BCUT2D eigenvalue weighted by Gasteiger charge is 2.40. The van der Waals surface area contributed by atoms with E-state index in [0.29, 0.717) is 21.9 Å². The van der Waals surface area contributed by atoms with Gasteiger partial charge in [0.15, 0.2) is 0 Å². The molecule has 2 rings (SSSR count). The van der Waals surface area contributed by atoms with E-state index in [9.17, 15) is 19.5 Å². The van der Waals surface area contributed by atoms with Crippen LogP contribution in [-0.4, -0.2) is 45.7 Å². The van der Waals surface area contributed by atoms with E-state index in [1.165, 1.54) is 13.2 Å². The Morgan fingerprint density at radius 1 is 0.933 bits per heavy atom. The minimum absolute atomic E-state index is 0.138. The van der Waals surface area contributed by atoms with Crippen LogP contribution in [0, 0.1) is 20.8 Å². The minimum atomic E-state index is -1.55. The lowest BCUT2D eigenvalue weighted by molar-refractivity contribution is -0.0331. The highest BCUT2D eigenvalue weighted by molar-refractivity contribution is 6.06. The second-order valence-corrected chi connectivity index (χ2v) is 8.20. The molecule has 0 aliphatic carbocycles. The number of amides is 3. The molecule has 0 bridgehead atoms. The highest BCUT2D eigenvalue weighted by atomic mass is 16.5. The number of hydrazine groups is 1. The number of hydrogen-bond donors (Lipinski definition) is 1. The van der Waals surface area contributed by atoms with Crippen LogP contribution in [0.2, 0.25) is 0 Å². The van der Waals surface area contributed by atoms with E-state index in [2.05, 4.69) is 0 Å². The Kier molecular flexibility index (Phi) is 6.55. The van der Waals surface area contributed by atoms with Crippen LogP contribution < -0.4 is 4.74 Å². The Hall–Kier alpha value is -3.35. The van der Waals surface area contributed by atoms with Gasteiger partial charge >= 0.3 is 6.09 Å². The molecule has 0 saturated carbocycles. The Morgan fingerprint density at radius 2 is 1.50 bits per heavy atom. The number of aryl methyl sites for hydroxylation is 2. The standard InChI is InChI=1S/C23H28N2O5/c1-14-11-15(2)13-17(12-14)20(26)25(23(4,5)6)24(22(28)29)21(27)18-9-8-10-19(30-7)16(18)3/h8-13H,1-7H3,(H,28,29). The molecule has 0 unspecified atom stereocenters. The molecule has 0 saturated heterocycles. The van der Waals surface area contributed by atoms with Gasteiger partial charge in [0, 0.05) is 16.7 Å². The van der Waals surface area contributed by atoms with Crippen molar-refractivity contribution < 1.29 is 24.2 Å². The monoisotopic (exact) mass is 412 g/mol. The summed E-state index contributed by atoms with van der Waals surface area (Å²) in [4.78, 5) is 39.0. The summed E-state index contributed by atoms with van der Waals surface area (Å²) in [5, 5.41) is 11.4. The molecule has 1 N–H and O–H groups in total. The van der Waals surface area contributed by atoms with Crippen molar-refractivity contribution in [2.45, 2.75) is 47.1 Å². The average molecular weight is 412 g/mol. The Bertz CT molecular complexity index is 971. The molecule has 7 heteroatoms. The maximum Gasteiger partial charge on any atom is 0.434 e. The number of benzene rings is 2. The topological polar surface area (TPSA) is 87.2 Å². The summed E-state index contributed by atoms with van der Waals surface area (Å²) in [5.74, 6) is -0.953. The molecule has 7 nitrogen and oxygen atoms in total. The van der Waals surface area contributed by atoms with Crippen LogP contribution in [0.4, 0.5) is 4.79 Å². The molecule has 2 aromatic rings. The molecular formula is C23H28N2O5. The maximum absolute atomic E-state index is 13.4. The van der Waals surface area contributed by atoms with E-state index in [0.717, 1.165) is 16.1 Å². The van der Waals surface area contributed by atoms with Crippen LogP contribution in [0.3, 0.4) is 0 Å². The van der Waals surface area contributed by atoms with E-state index in [-0.39, 0.29) is 5.56 Å². The zero-order valence-corrected chi connectivity index (χ0v) is 18.4. The predicted molar refractivity (Wildman–Crippen MR) is 114 cm³/mol. The van der Waals surface area contributed by atoms with Crippen LogP contribution in [0.5, 0.6) is 5.75 Å². The number of hydrogen-bond acceptors (Lipinski definition) is 4. The van der Waals surface area contributed by atoms with E-state index in [4.69, 9.17) is 4.74 Å². The third kappa shape index (κ3) is 4.62. The van der Waals surface area contributed by atoms with Crippen molar-refractivity contribution >= 4 is 17.9 Å². The summed E-state index contributed by atoms with van der Waals surface area (Å²) in [6, 6.07) is 10.1. The second-order valence-electron chi connectivity index (χ2n) is 8.20. The third-order valence-corrected chi connectivity index (χ3v) is 4.60. The lowest BCUT2D eigenvalue weighted by Gasteiger charge is -2.40. The number of carbonyl (C=O) groups is 3. The maximum atomic E-state index is 13.4. The largest absolute Gasteiger partial charge is 0.496 e. The molecule has 0 aromatic heterocycles. The number of carboxylic acid groups (broad SMARTS) is 1. The number of carbonyl (C=O) groups excluding carboxylic acids is 2. The summed E-state index contributed by atoms with van der Waals surface area (Å²) in [6.07, 6.45) is -1.55. The first-order chi connectivity index (χ1) is 13.9. The number of methoxy groups -OCH3 is 1. The van der Waals surface area contributed by atoms with E-state index < -0.39 is 23.4 Å². The zero-order chi connectivity index (χ0) is 22.8. The van der Waals surface area contributed by atoms with Gasteiger partial charge < -0.3 is 9.84 Å². The summed E-state index contributed by atoms with van der Waals surface area (Å²) in [6.45, 7) is 10.4. The highest BCUT2D eigenvalue weighted by Crippen LogP contribution is 2.27. The molecule has 3 amide bonds. The third-order valence-electron chi connectivity index (χ3n) is 4.60. The molecule has 160 valence electrons. The Balaban J connectivity index is 2.64. The van der Waals surface area contributed by atoms with Crippen LogP contribution in [-0.2, 0) is 0 Å². The van der Waals surface area contributed by atoms with Crippen molar-refractivity contribution in [1.82, 2.24) is 10.0 Å². The summed E-state index contributed by atoms with van der Waals surface area (Å²) < 4.78 is 5.25. The predicted octanol–water partition coefficient (Wildman–Crippen LogP) is 4.60. The number of nitrogens with zero attached hydrogens (tertiary/aromatic N) is 2. The fourth-order valence-corrected chi connectivity index (χ4v) is 3.36. The van der Waals surface area contributed by atoms with Gasteiger partial charge in [0.1, 0.15) is 5.75 Å². The smallest absolute Gasteiger partial charge is 0.434 e. The zero-order valence-electron chi connectivity index (χ0n) is 18.4. The van der Waals surface area contributed by atoms with E-state index >= 15 is 0 Å². The normalized spacial score (nSPS) is 11.0. The van der Waals surface area contributed by atoms with Gasteiger partial charge in [0.2, 0.25) is 0 Å². The molecule has 0 aliphatic rings. The van der Waals surface area contributed by atoms with Gasteiger partial charge in [-0.15, -0.1) is 5.01 Å². The fraction of sp³-hybridized carbons (Fsp3) is 0.348. The molecule has 0 fully saturated rings. The van der Waals surface area contributed by atoms with Crippen LogP contribution in [0.25, 0.3) is 0 Å². The number of imide groups is 1. The first-order valence-electron chi connectivity index (χ1n) is 9.52. The van der Waals surface area contributed by atoms with Crippen LogP contribution in [0.15, 0.2) is 36.4 Å². The van der Waals surface area contributed by atoms with E-state index in [1.807, 2.05) is 19.9 Å². The fourth-order valence-electron chi connectivity index (χ4n) is 3.36. The first-order valence-corrected chi connectivity index (χ1v) is 9.52. The van der Waals surface area contributed by atoms with Crippen molar-refractivity contribution in [3.8, 4) is 5.75 Å². The molecule has 0 aliphatic heterocycles. The molecule has 2 aromatic carbocycles. The van der Waals surface area contributed by atoms with Gasteiger partial charge in [-0.3, -0.25) is 9.59 Å². The summed E-state index contributed by atoms with van der Waals surface area (Å²) in [7, 11) is 1.47. The van der Waals surface area contributed by atoms with E-state index in [1.54, 1.807) is 52.0 Å². The average Bonchev–Trinajstić information content (AvgIpc) is 2.63. The Morgan fingerprint density at radius 3 is 1.97 bits per heavy atom. The molecule has 0 heterocycles.